The predicted molar refractivity (Wildman–Crippen MR) is 93.6 cm³/mol. The lowest BCUT2D eigenvalue weighted by Gasteiger charge is -2.33. The fraction of sp³-hybridized carbons (Fsp3) is 0.250. The van der Waals surface area contributed by atoms with Crippen molar-refractivity contribution in [3.63, 3.8) is 0 Å². The van der Waals surface area contributed by atoms with Crippen LogP contribution in [-0.2, 0) is 0 Å². The van der Waals surface area contributed by atoms with Crippen LogP contribution < -0.4 is 0 Å². The third kappa shape index (κ3) is 3.03. The second kappa shape index (κ2) is 6.60. The Morgan fingerprint density at radius 2 is 2.27 bits per heavy atom. The SMILES string of the molecule is CN(C(=O)c1ccncc1Cl)[C@@H]1CCSc2ccc(Br)cc21. The number of halogens is 2. The molecule has 0 saturated heterocycles. The van der Waals surface area contributed by atoms with Crippen molar-refractivity contribution < 1.29 is 4.79 Å². The van der Waals surface area contributed by atoms with Gasteiger partial charge in [0.2, 0.25) is 0 Å². The fourth-order valence-electron chi connectivity index (χ4n) is 2.63. The van der Waals surface area contributed by atoms with Crippen LogP contribution in [0.15, 0.2) is 46.0 Å². The Bertz CT molecular complexity index is 725. The molecule has 0 N–H and O–H groups in total. The van der Waals surface area contributed by atoms with Crippen LogP contribution in [0.2, 0.25) is 5.02 Å². The van der Waals surface area contributed by atoms with Gasteiger partial charge in [0.1, 0.15) is 0 Å². The first-order chi connectivity index (χ1) is 10.6. The summed E-state index contributed by atoms with van der Waals surface area (Å²) in [6.07, 6.45) is 4.02. The molecule has 0 fully saturated rings. The Kier molecular flexibility index (Phi) is 4.76. The number of hydrogen-bond acceptors (Lipinski definition) is 3. The zero-order valence-corrected chi connectivity index (χ0v) is 15.1. The fourth-order valence-corrected chi connectivity index (χ4v) is 4.30. The number of thioether (sulfide) groups is 1. The molecule has 1 atom stereocenters. The maximum atomic E-state index is 12.8. The maximum absolute atomic E-state index is 12.8. The molecule has 0 spiro atoms. The lowest BCUT2D eigenvalue weighted by Crippen LogP contribution is -2.33. The average molecular weight is 398 g/mol. The number of aromatic nitrogens is 1. The second-order valence-electron chi connectivity index (χ2n) is 5.11. The number of pyridine rings is 1. The van der Waals surface area contributed by atoms with Crippen molar-refractivity contribution >= 4 is 45.2 Å². The van der Waals surface area contributed by atoms with E-state index in [4.69, 9.17) is 11.6 Å². The molecule has 1 aromatic carbocycles. The van der Waals surface area contributed by atoms with Crippen molar-refractivity contribution in [2.24, 2.45) is 0 Å². The van der Waals surface area contributed by atoms with Crippen LogP contribution in [0.5, 0.6) is 0 Å². The Morgan fingerprint density at radius 1 is 1.45 bits per heavy atom. The molecule has 1 aliphatic heterocycles. The molecule has 0 radical (unpaired) electrons. The molecule has 6 heteroatoms. The second-order valence-corrected chi connectivity index (χ2v) is 7.57. The van der Waals surface area contributed by atoms with Crippen LogP contribution in [0.4, 0.5) is 0 Å². The number of carbonyl (C=O) groups is 1. The lowest BCUT2D eigenvalue weighted by molar-refractivity contribution is 0.0724. The van der Waals surface area contributed by atoms with E-state index in [0.29, 0.717) is 10.6 Å². The molecule has 0 unspecified atom stereocenters. The molecule has 114 valence electrons. The average Bonchev–Trinajstić information content (AvgIpc) is 2.53. The maximum Gasteiger partial charge on any atom is 0.255 e. The Labute approximate surface area is 147 Å². The highest BCUT2D eigenvalue weighted by Gasteiger charge is 2.28. The van der Waals surface area contributed by atoms with Crippen LogP contribution in [0.25, 0.3) is 0 Å². The molecular formula is C16H14BrClN2OS. The van der Waals surface area contributed by atoms with Gasteiger partial charge in [0, 0.05) is 34.6 Å². The Hall–Kier alpha value is -1.04. The first kappa shape index (κ1) is 15.8. The van der Waals surface area contributed by atoms with E-state index in [9.17, 15) is 4.79 Å². The predicted octanol–water partition coefficient (Wildman–Crippen LogP) is 4.81. The highest BCUT2D eigenvalue weighted by Crippen LogP contribution is 2.40. The Morgan fingerprint density at radius 3 is 3.05 bits per heavy atom. The molecular weight excluding hydrogens is 384 g/mol. The highest BCUT2D eigenvalue weighted by atomic mass is 79.9. The topological polar surface area (TPSA) is 33.2 Å². The van der Waals surface area contributed by atoms with E-state index in [2.05, 4.69) is 33.0 Å². The van der Waals surface area contributed by atoms with Gasteiger partial charge < -0.3 is 4.90 Å². The molecule has 1 aliphatic rings. The molecule has 0 bridgehead atoms. The number of carbonyl (C=O) groups excluding carboxylic acids is 1. The zero-order chi connectivity index (χ0) is 15.7. The molecule has 3 rings (SSSR count). The number of amides is 1. The van der Waals surface area contributed by atoms with E-state index in [1.807, 2.05) is 24.9 Å². The van der Waals surface area contributed by atoms with Gasteiger partial charge in [-0.05, 0) is 36.2 Å². The molecule has 0 saturated carbocycles. The van der Waals surface area contributed by atoms with Crippen molar-refractivity contribution in [3.8, 4) is 0 Å². The number of rotatable bonds is 2. The molecule has 22 heavy (non-hydrogen) atoms. The summed E-state index contributed by atoms with van der Waals surface area (Å²) in [6.45, 7) is 0. The minimum atomic E-state index is -0.0739. The summed E-state index contributed by atoms with van der Waals surface area (Å²) >= 11 is 11.5. The monoisotopic (exact) mass is 396 g/mol. The summed E-state index contributed by atoms with van der Waals surface area (Å²) in [5, 5.41) is 0.388. The van der Waals surface area contributed by atoms with E-state index in [0.717, 1.165) is 16.6 Å². The van der Waals surface area contributed by atoms with Gasteiger partial charge in [-0.1, -0.05) is 27.5 Å². The van der Waals surface area contributed by atoms with Gasteiger partial charge in [0.05, 0.1) is 16.6 Å². The van der Waals surface area contributed by atoms with Gasteiger partial charge in [-0.3, -0.25) is 9.78 Å². The van der Waals surface area contributed by atoms with Gasteiger partial charge in [0.15, 0.2) is 0 Å². The van der Waals surface area contributed by atoms with Crippen molar-refractivity contribution in [2.75, 3.05) is 12.8 Å². The molecule has 2 aromatic rings. The number of hydrogen-bond donors (Lipinski definition) is 0. The summed E-state index contributed by atoms with van der Waals surface area (Å²) < 4.78 is 1.03. The van der Waals surface area contributed by atoms with Crippen LogP contribution in [0.3, 0.4) is 0 Å². The standard InChI is InChI=1S/C16H14BrClN2OS/c1-20(16(21)11-4-6-19-9-13(11)18)14-5-7-22-15-3-2-10(17)8-12(14)15/h2-4,6,8-9,14H,5,7H2,1H3/t14-/m1/s1. The van der Waals surface area contributed by atoms with Crippen LogP contribution in [0, 0.1) is 0 Å². The van der Waals surface area contributed by atoms with E-state index in [1.165, 1.54) is 16.7 Å². The van der Waals surface area contributed by atoms with E-state index < -0.39 is 0 Å². The van der Waals surface area contributed by atoms with Crippen molar-refractivity contribution in [3.05, 3.63) is 57.3 Å². The first-order valence-electron chi connectivity index (χ1n) is 6.87. The van der Waals surface area contributed by atoms with E-state index in [1.54, 1.807) is 17.2 Å². The minimum absolute atomic E-state index is 0.0606. The van der Waals surface area contributed by atoms with Crippen molar-refractivity contribution in [1.82, 2.24) is 9.88 Å². The van der Waals surface area contributed by atoms with Gasteiger partial charge in [0.25, 0.3) is 5.91 Å². The van der Waals surface area contributed by atoms with E-state index >= 15 is 0 Å². The smallest absolute Gasteiger partial charge is 0.255 e. The van der Waals surface area contributed by atoms with Crippen LogP contribution in [-0.4, -0.2) is 28.6 Å². The lowest BCUT2D eigenvalue weighted by atomic mass is 10.0. The van der Waals surface area contributed by atoms with Crippen molar-refractivity contribution in [2.45, 2.75) is 17.4 Å². The summed E-state index contributed by atoms with van der Waals surface area (Å²) in [4.78, 5) is 19.7. The quantitative estimate of drug-likeness (QED) is 0.729. The third-order valence-electron chi connectivity index (χ3n) is 3.77. The highest BCUT2D eigenvalue weighted by molar-refractivity contribution is 9.10. The number of fused-ring (bicyclic) bond motifs is 1. The Balaban J connectivity index is 1.94. The van der Waals surface area contributed by atoms with E-state index in [-0.39, 0.29) is 11.9 Å². The summed E-state index contributed by atoms with van der Waals surface area (Å²) in [7, 11) is 1.84. The van der Waals surface area contributed by atoms with Gasteiger partial charge >= 0.3 is 0 Å². The summed E-state index contributed by atoms with van der Waals surface area (Å²) in [5.41, 5.74) is 1.68. The van der Waals surface area contributed by atoms with Crippen molar-refractivity contribution in [1.29, 1.82) is 0 Å². The van der Waals surface area contributed by atoms with Gasteiger partial charge in [-0.25, -0.2) is 0 Å². The number of benzene rings is 1. The molecule has 1 aromatic heterocycles. The molecule has 0 aliphatic carbocycles. The zero-order valence-electron chi connectivity index (χ0n) is 11.9. The summed E-state index contributed by atoms with van der Waals surface area (Å²) in [6, 6.07) is 7.97. The van der Waals surface area contributed by atoms with Gasteiger partial charge in [-0.2, -0.15) is 0 Å². The normalized spacial score (nSPS) is 17.0. The van der Waals surface area contributed by atoms with Crippen LogP contribution in [0.1, 0.15) is 28.4 Å². The molecule has 1 amide bonds. The molecule has 3 nitrogen and oxygen atoms in total. The molecule has 2 heterocycles. The first-order valence-corrected chi connectivity index (χ1v) is 9.02. The minimum Gasteiger partial charge on any atom is -0.335 e. The number of nitrogens with zero attached hydrogens (tertiary/aromatic N) is 2. The summed E-state index contributed by atoms with van der Waals surface area (Å²) in [5.74, 6) is 0.927. The van der Waals surface area contributed by atoms with Crippen LogP contribution >= 0.6 is 39.3 Å². The van der Waals surface area contributed by atoms with Gasteiger partial charge in [-0.15, -0.1) is 11.8 Å². The largest absolute Gasteiger partial charge is 0.335 e. The third-order valence-corrected chi connectivity index (χ3v) is 5.69.